The number of carbonyl (C=O) groups excluding carboxylic acids is 1. The number of esters is 1. The van der Waals surface area contributed by atoms with E-state index < -0.39 is 0 Å². The standard InChI is InChI=1S/C17H27NO2/c1-4-20-17(19)12-6-13(2)5-7-14(3)15-8-10-16(18)11-9-15/h8-11,13-14H,4-7,12,18H2,1-3H3. The average molecular weight is 277 g/mol. The maximum Gasteiger partial charge on any atom is 0.305 e. The summed E-state index contributed by atoms with van der Waals surface area (Å²) in [7, 11) is 0. The van der Waals surface area contributed by atoms with Crippen molar-refractivity contribution in [1.82, 2.24) is 0 Å². The number of carbonyl (C=O) groups is 1. The second-order valence-corrected chi connectivity index (χ2v) is 5.59. The molecule has 3 heteroatoms. The minimum absolute atomic E-state index is 0.0778. The first-order valence-corrected chi connectivity index (χ1v) is 7.54. The molecule has 0 aliphatic heterocycles. The molecule has 2 N–H and O–H groups in total. The fourth-order valence-electron chi connectivity index (χ4n) is 2.27. The molecule has 20 heavy (non-hydrogen) atoms. The van der Waals surface area contributed by atoms with Gasteiger partial charge < -0.3 is 10.5 Å². The fraction of sp³-hybridized carbons (Fsp3) is 0.588. The molecule has 0 fully saturated rings. The molecule has 1 aromatic carbocycles. The van der Waals surface area contributed by atoms with E-state index in [9.17, 15) is 4.79 Å². The van der Waals surface area contributed by atoms with Gasteiger partial charge in [-0.15, -0.1) is 0 Å². The van der Waals surface area contributed by atoms with Crippen LogP contribution < -0.4 is 5.73 Å². The third-order valence-corrected chi connectivity index (χ3v) is 3.74. The largest absolute Gasteiger partial charge is 0.466 e. The van der Waals surface area contributed by atoms with E-state index in [0.717, 1.165) is 24.9 Å². The third-order valence-electron chi connectivity index (χ3n) is 3.74. The van der Waals surface area contributed by atoms with Crippen molar-refractivity contribution in [2.24, 2.45) is 5.92 Å². The summed E-state index contributed by atoms with van der Waals surface area (Å²) < 4.78 is 4.95. The highest BCUT2D eigenvalue weighted by atomic mass is 16.5. The minimum atomic E-state index is -0.0778. The van der Waals surface area contributed by atoms with Crippen LogP contribution in [0.1, 0.15) is 57.9 Å². The van der Waals surface area contributed by atoms with Gasteiger partial charge >= 0.3 is 5.97 Å². The van der Waals surface area contributed by atoms with Crippen LogP contribution in [0.3, 0.4) is 0 Å². The van der Waals surface area contributed by atoms with Gasteiger partial charge in [0.05, 0.1) is 6.61 Å². The van der Waals surface area contributed by atoms with E-state index in [2.05, 4.69) is 26.0 Å². The molecule has 1 rings (SSSR count). The zero-order valence-electron chi connectivity index (χ0n) is 12.9. The van der Waals surface area contributed by atoms with E-state index in [1.54, 1.807) is 0 Å². The Bertz CT molecular complexity index is 400. The lowest BCUT2D eigenvalue weighted by Crippen LogP contribution is -2.07. The molecule has 1 aromatic rings. The quantitative estimate of drug-likeness (QED) is 0.574. The van der Waals surface area contributed by atoms with Crippen molar-refractivity contribution in [3.05, 3.63) is 29.8 Å². The smallest absolute Gasteiger partial charge is 0.305 e. The van der Waals surface area contributed by atoms with Gasteiger partial charge in [-0.05, 0) is 49.3 Å². The molecule has 2 atom stereocenters. The number of benzene rings is 1. The van der Waals surface area contributed by atoms with Gasteiger partial charge in [0, 0.05) is 12.1 Å². The predicted molar refractivity (Wildman–Crippen MR) is 83.5 cm³/mol. The zero-order chi connectivity index (χ0) is 15.0. The maximum absolute atomic E-state index is 11.3. The normalized spacial score (nSPS) is 13.8. The SMILES string of the molecule is CCOC(=O)CCC(C)CCC(C)c1ccc(N)cc1. The van der Waals surface area contributed by atoms with Crippen molar-refractivity contribution in [3.8, 4) is 0 Å². The van der Waals surface area contributed by atoms with E-state index in [1.165, 1.54) is 5.56 Å². The first kappa shape index (κ1) is 16.5. The number of ether oxygens (including phenoxy) is 1. The monoisotopic (exact) mass is 277 g/mol. The highest BCUT2D eigenvalue weighted by Gasteiger charge is 2.11. The lowest BCUT2D eigenvalue weighted by atomic mass is 9.90. The molecule has 0 aliphatic carbocycles. The average Bonchev–Trinajstić information content (AvgIpc) is 2.43. The van der Waals surface area contributed by atoms with Gasteiger partial charge in [-0.1, -0.05) is 32.4 Å². The molecule has 0 heterocycles. The molecule has 0 spiro atoms. The van der Waals surface area contributed by atoms with Gasteiger partial charge in [0.15, 0.2) is 0 Å². The van der Waals surface area contributed by atoms with Gasteiger partial charge in [0.25, 0.3) is 0 Å². The van der Waals surface area contributed by atoms with Crippen LogP contribution >= 0.6 is 0 Å². The van der Waals surface area contributed by atoms with Gasteiger partial charge in [-0.3, -0.25) is 4.79 Å². The first-order chi connectivity index (χ1) is 9.52. The molecule has 0 aliphatic rings. The van der Waals surface area contributed by atoms with Gasteiger partial charge in [-0.25, -0.2) is 0 Å². The number of rotatable bonds is 8. The Balaban J connectivity index is 2.28. The number of hydrogen-bond donors (Lipinski definition) is 1. The Morgan fingerprint density at radius 1 is 1.15 bits per heavy atom. The fourth-order valence-corrected chi connectivity index (χ4v) is 2.27. The molecular formula is C17H27NO2. The lowest BCUT2D eigenvalue weighted by molar-refractivity contribution is -0.143. The van der Waals surface area contributed by atoms with Crippen LogP contribution in [0.15, 0.2) is 24.3 Å². The van der Waals surface area contributed by atoms with Crippen molar-refractivity contribution in [3.63, 3.8) is 0 Å². The topological polar surface area (TPSA) is 52.3 Å². The Hall–Kier alpha value is -1.51. The van der Waals surface area contributed by atoms with Gasteiger partial charge in [0.1, 0.15) is 0 Å². The predicted octanol–water partition coefficient (Wildman–Crippen LogP) is 4.13. The van der Waals surface area contributed by atoms with Crippen LogP contribution in [0.5, 0.6) is 0 Å². The molecule has 3 nitrogen and oxygen atoms in total. The Morgan fingerprint density at radius 2 is 1.80 bits per heavy atom. The van der Waals surface area contributed by atoms with Gasteiger partial charge in [0.2, 0.25) is 0 Å². The molecule has 0 radical (unpaired) electrons. The number of nitrogens with two attached hydrogens (primary N) is 1. The first-order valence-electron chi connectivity index (χ1n) is 7.54. The maximum atomic E-state index is 11.3. The van der Waals surface area contributed by atoms with Crippen molar-refractivity contribution in [1.29, 1.82) is 0 Å². The van der Waals surface area contributed by atoms with Gasteiger partial charge in [-0.2, -0.15) is 0 Å². The summed E-state index contributed by atoms with van der Waals surface area (Å²) in [6, 6.07) is 8.11. The number of nitrogen functional groups attached to an aromatic ring is 1. The van der Waals surface area contributed by atoms with Crippen LogP contribution in [0.4, 0.5) is 5.69 Å². The molecule has 0 bridgehead atoms. The number of hydrogen-bond acceptors (Lipinski definition) is 3. The highest BCUT2D eigenvalue weighted by molar-refractivity contribution is 5.69. The molecular weight excluding hydrogens is 250 g/mol. The summed E-state index contributed by atoms with van der Waals surface area (Å²) in [5, 5.41) is 0. The summed E-state index contributed by atoms with van der Waals surface area (Å²) in [5.41, 5.74) is 7.84. The molecule has 0 amide bonds. The van der Waals surface area contributed by atoms with Crippen LogP contribution in [0.2, 0.25) is 0 Å². The summed E-state index contributed by atoms with van der Waals surface area (Å²) >= 11 is 0. The van der Waals surface area contributed by atoms with Crippen LogP contribution in [0, 0.1) is 5.92 Å². The van der Waals surface area contributed by atoms with E-state index in [0.29, 0.717) is 24.9 Å². The van der Waals surface area contributed by atoms with E-state index in [4.69, 9.17) is 10.5 Å². The third kappa shape index (κ3) is 6.09. The summed E-state index contributed by atoms with van der Waals surface area (Å²) in [6.07, 6.45) is 3.71. The second-order valence-electron chi connectivity index (χ2n) is 5.59. The molecule has 112 valence electrons. The Kier molecular flexibility index (Phi) is 7.13. The molecule has 0 aromatic heterocycles. The Morgan fingerprint density at radius 3 is 2.40 bits per heavy atom. The van der Waals surface area contributed by atoms with E-state index >= 15 is 0 Å². The van der Waals surface area contributed by atoms with Crippen molar-refractivity contribution in [2.75, 3.05) is 12.3 Å². The lowest BCUT2D eigenvalue weighted by Gasteiger charge is -2.16. The van der Waals surface area contributed by atoms with Crippen LogP contribution in [-0.2, 0) is 9.53 Å². The van der Waals surface area contributed by atoms with Crippen molar-refractivity contribution >= 4 is 11.7 Å². The molecule has 2 unspecified atom stereocenters. The minimum Gasteiger partial charge on any atom is -0.466 e. The zero-order valence-corrected chi connectivity index (χ0v) is 12.9. The molecule has 0 saturated heterocycles. The summed E-state index contributed by atoms with van der Waals surface area (Å²) in [5.74, 6) is 1.00. The van der Waals surface area contributed by atoms with Crippen molar-refractivity contribution < 1.29 is 9.53 Å². The van der Waals surface area contributed by atoms with E-state index in [1.807, 2.05) is 19.1 Å². The molecule has 0 saturated carbocycles. The van der Waals surface area contributed by atoms with Crippen LogP contribution in [0.25, 0.3) is 0 Å². The second kappa shape index (κ2) is 8.62. The Labute approximate surface area is 122 Å². The summed E-state index contributed by atoms with van der Waals surface area (Å²) in [6.45, 7) is 6.76. The summed E-state index contributed by atoms with van der Waals surface area (Å²) in [4.78, 5) is 11.3. The van der Waals surface area contributed by atoms with E-state index in [-0.39, 0.29) is 5.97 Å². The van der Waals surface area contributed by atoms with Crippen LogP contribution in [-0.4, -0.2) is 12.6 Å². The highest BCUT2D eigenvalue weighted by Crippen LogP contribution is 2.25. The van der Waals surface area contributed by atoms with Crippen molar-refractivity contribution in [2.45, 2.75) is 52.4 Å². The number of anilines is 1.